The number of piperidine rings is 1. The largest absolute Gasteiger partial charge is 0.396 e. The minimum absolute atomic E-state index is 0.335. The van der Waals surface area contributed by atoms with Gasteiger partial charge in [0.05, 0.1) is 5.69 Å². The third kappa shape index (κ3) is 2.65. The average molecular weight is 259 g/mol. The van der Waals surface area contributed by atoms with E-state index in [4.69, 9.17) is 5.11 Å². The van der Waals surface area contributed by atoms with Gasteiger partial charge in [0.15, 0.2) is 0 Å². The molecule has 19 heavy (non-hydrogen) atoms. The Kier molecular flexibility index (Phi) is 3.53. The van der Waals surface area contributed by atoms with E-state index in [1.165, 1.54) is 5.69 Å². The monoisotopic (exact) mass is 259 g/mol. The Morgan fingerprint density at radius 2 is 2.11 bits per heavy atom. The van der Waals surface area contributed by atoms with Gasteiger partial charge in [-0.25, -0.2) is 4.98 Å². The molecule has 102 valence electrons. The van der Waals surface area contributed by atoms with Crippen molar-refractivity contribution in [1.29, 1.82) is 0 Å². The van der Waals surface area contributed by atoms with Gasteiger partial charge in [-0.15, -0.1) is 0 Å². The molecule has 0 aromatic carbocycles. The van der Waals surface area contributed by atoms with Crippen LogP contribution in [0.4, 0.5) is 0 Å². The third-order valence-electron chi connectivity index (χ3n) is 4.10. The number of rotatable bonds is 3. The lowest BCUT2D eigenvalue weighted by molar-refractivity contribution is 0.126. The van der Waals surface area contributed by atoms with Crippen molar-refractivity contribution in [2.75, 3.05) is 19.7 Å². The summed E-state index contributed by atoms with van der Waals surface area (Å²) in [5, 5.41) is 9.16. The molecule has 1 fully saturated rings. The second kappa shape index (κ2) is 5.31. The molecule has 0 amide bonds. The minimum Gasteiger partial charge on any atom is -0.396 e. The van der Waals surface area contributed by atoms with Gasteiger partial charge in [-0.2, -0.15) is 0 Å². The number of pyridine rings is 1. The second-order valence-corrected chi connectivity index (χ2v) is 5.53. The van der Waals surface area contributed by atoms with Crippen LogP contribution >= 0.6 is 0 Å². The summed E-state index contributed by atoms with van der Waals surface area (Å²) in [6, 6.07) is 6.20. The minimum atomic E-state index is 0.335. The summed E-state index contributed by atoms with van der Waals surface area (Å²) in [4.78, 5) is 7.11. The van der Waals surface area contributed by atoms with E-state index in [2.05, 4.69) is 39.5 Å². The number of likely N-dealkylation sites (tertiary alicyclic amines) is 1. The Morgan fingerprint density at radius 3 is 2.79 bits per heavy atom. The fraction of sp³-hybridized carbons (Fsp3) is 0.533. The summed E-state index contributed by atoms with van der Waals surface area (Å²) < 4.78 is 2.15. The van der Waals surface area contributed by atoms with E-state index in [9.17, 15) is 0 Å². The first-order valence-electron chi connectivity index (χ1n) is 7.03. The van der Waals surface area contributed by atoms with Gasteiger partial charge in [-0.1, -0.05) is 6.07 Å². The lowest BCUT2D eigenvalue weighted by Crippen LogP contribution is -2.34. The predicted octanol–water partition coefficient (Wildman–Crippen LogP) is 1.85. The number of aliphatic hydroxyl groups is 1. The van der Waals surface area contributed by atoms with Gasteiger partial charge in [0.2, 0.25) is 0 Å². The van der Waals surface area contributed by atoms with Gasteiger partial charge in [0, 0.05) is 25.0 Å². The van der Waals surface area contributed by atoms with Gasteiger partial charge in [-0.05, 0) is 50.9 Å². The molecule has 1 saturated heterocycles. The van der Waals surface area contributed by atoms with Crippen LogP contribution in [-0.2, 0) is 6.54 Å². The van der Waals surface area contributed by atoms with Gasteiger partial charge >= 0.3 is 0 Å². The molecule has 3 rings (SSSR count). The summed E-state index contributed by atoms with van der Waals surface area (Å²) >= 11 is 0. The lowest BCUT2D eigenvalue weighted by Gasteiger charge is -2.30. The molecule has 1 aliphatic rings. The third-order valence-corrected chi connectivity index (χ3v) is 4.10. The van der Waals surface area contributed by atoms with E-state index in [1.807, 2.05) is 6.07 Å². The molecule has 0 radical (unpaired) electrons. The van der Waals surface area contributed by atoms with Crippen LogP contribution in [0.5, 0.6) is 0 Å². The molecule has 0 aliphatic carbocycles. The average Bonchev–Trinajstić information content (AvgIpc) is 2.84. The lowest BCUT2D eigenvalue weighted by atomic mass is 9.98. The maximum absolute atomic E-state index is 9.16. The zero-order chi connectivity index (χ0) is 13.2. The molecule has 0 unspecified atom stereocenters. The standard InChI is InChI=1S/C15H21N3O/c1-12-3-2-4-15-16-14(10-18(12)15)9-17-7-5-13(11-19)6-8-17/h2-4,10,13,19H,5-9,11H2,1H3. The highest BCUT2D eigenvalue weighted by atomic mass is 16.3. The first-order chi connectivity index (χ1) is 9.26. The SMILES string of the molecule is Cc1cccc2nc(CN3CCC(CO)CC3)cn12. The highest BCUT2D eigenvalue weighted by molar-refractivity contribution is 5.41. The van der Waals surface area contributed by atoms with Crippen molar-refractivity contribution in [3.8, 4) is 0 Å². The zero-order valence-corrected chi connectivity index (χ0v) is 11.4. The smallest absolute Gasteiger partial charge is 0.137 e. The fourth-order valence-electron chi connectivity index (χ4n) is 2.83. The number of hydrogen-bond donors (Lipinski definition) is 1. The first kappa shape index (κ1) is 12.6. The molecular formula is C15H21N3O. The van der Waals surface area contributed by atoms with E-state index in [1.54, 1.807) is 0 Å². The van der Waals surface area contributed by atoms with Gasteiger partial charge in [0.25, 0.3) is 0 Å². The summed E-state index contributed by atoms with van der Waals surface area (Å²) in [5.41, 5.74) is 3.38. The van der Waals surface area contributed by atoms with Crippen LogP contribution in [-0.4, -0.2) is 39.1 Å². The van der Waals surface area contributed by atoms with Gasteiger partial charge in [-0.3, -0.25) is 4.90 Å². The molecular weight excluding hydrogens is 238 g/mol. The maximum Gasteiger partial charge on any atom is 0.137 e. The van der Waals surface area contributed by atoms with Crippen molar-refractivity contribution < 1.29 is 5.11 Å². The van der Waals surface area contributed by atoms with Crippen molar-refractivity contribution in [2.45, 2.75) is 26.3 Å². The molecule has 0 atom stereocenters. The van der Waals surface area contributed by atoms with E-state index in [0.717, 1.165) is 43.8 Å². The van der Waals surface area contributed by atoms with Gasteiger partial charge < -0.3 is 9.51 Å². The summed E-state index contributed by atoms with van der Waals surface area (Å²) in [5.74, 6) is 0.500. The van der Waals surface area contributed by atoms with Crippen molar-refractivity contribution in [3.05, 3.63) is 35.8 Å². The van der Waals surface area contributed by atoms with Gasteiger partial charge in [0.1, 0.15) is 5.65 Å². The molecule has 2 aromatic rings. The summed E-state index contributed by atoms with van der Waals surface area (Å²) in [7, 11) is 0. The fourth-order valence-corrected chi connectivity index (χ4v) is 2.83. The number of aliphatic hydroxyl groups excluding tert-OH is 1. The summed E-state index contributed by atoms with van der Waals surface area (Å²) in [6.07, 6.45) is 4.34. The Labute approximate surface area is 113 Å². The first-order valence-corrected chi connectivity index (χ1v) is 7.03. The van der Waals surface area contributed by atoms with Crippen LogP contribution in [0.3, 0.4) is 0 Å². The maximum atomic E-state index is 9.16. The van der Waals surface area contributed by atoms with Crippen LogP contribution in [0, 0.1) is 12.8 Å². The van der Waals surface area contributed by atoms with Crippen LogP contribution in [0.25, 0.3) is 5.65 Å². The van der Waals surface area contributed by atoms with Crippen LogP contribution < -0.4 is 0 Å². The van der Waals surface area contributed by atoms with Crippen LogP contribution in [0.2, 0.25) is 0 Å². The van der Waals surface area contributed by atoms with E-state index in [0.29, 0.717) is 12.5 Å². The summed E-state index contributed by atoms with van der Waals surface area (Å²) in [6.45, 7) is 5.49. The Morgan fingerprint density at radius 1 is 1.32 bits per heavy atom. The number of fused-ring (bicyclic) bond motifs is 1. The van der Waals surface area contributed by atoms with Crippen molar-refractivity contribution >= 4 is 5.65 Å². The van der Waals surface area contributed by atoms with E-state index >= 15 is 0 Å². The molecule has 2 aromatic heterocycles. The quantitative estimate of drug-likeness (QED) is 0.914. The normalized spacial score (nSPS) is 18.2. The Bertz CT molecular complexity index is 556. The van der Waals surface area contributed by atoms with Crippen molar-refractivity contribution in [3.63, 3.8) is 0 Å². The molecule has 0 spiro atoms. The number of aromatic nitrogens is 2. The molecule has 0 saturated carbocycles. The van der Waals surface area contributed by atoms with Crippen LogP contribution in [0.15, 0.2) is 24.4 Å². The Hall–Kier alpha value is -1.39. The number of hydrogen-bond acceptors (Lipinski definition) is 3. The number of aryl methyl sites for hydroxylation is 1. The Balaban J connectivity index is 1.70. The highest BCUT2D eigenvalue weighted by Crippen LogP contribution is 2.18. The topological polar surface area (TPSA) is 40.8 Å². The van der Waals surface area contributed by atoms with E-state index < -0.39 is 0 Å². The number of imidazole rings is 1. The molecule has 1 N–H and O–H groups in total. The number of nitrogens with zero attached hydrogens (tertiary/aromatic N) is 3. The molecule has 4 heteroatoms. The molecule has 1 aliphatic heterocycles. The zero-order valence-electron chi connectivity index (χ0n) is 11.4. The second-order valence-electron chi connectivity index (χ2n) is 5.53. The van der Waals surface area contributed by atoms with Crippen molar-refractivity contribution in [1.82, 2.24) is 14.3 Å². The molecule has 3 heterocycles. The molecule has 4 nitrogen and oxygen atoms in total. The molecule has 0 bridgehead atoms. The van der Waals surface area contributed by atoms with Crippen molar-refractivity contribution in [2.24, 2.45) is 5.92 Å². The highest BCUT2D eigenvalue weighted by Gasteiger charge is 2.19. The predicted molar refractivity (Wildman–Crippen MR) is 75.0 cm³/mol. The van der Waals surface area contributed by atoms with E-state index in [-0.39, 0.29) is 0 Å². The van der Waals surface area contributed by atoms with Crippen LogP contribution in [0.1, 0.15) is 24.2 Å².